The highest BCUT2D eigenvalue weighted by atomic mass is 35.5. The molecule has 0 fully saturated rings. The number of hydrogen-bond donors (Lipinski definition) is 1. The summed E-state index contributed by atoms with van der Waals surface area (Å²) >= 11 is 7.00. The van der Waals surface area contributed by atoms with E-state index < -0.39 is 17.6 Å². The maximum Gasteiger partial charge on any atom is 0.418 e. The van der Waals surface area contributed by atoms with Gasteiger partial charge in [0, 0.05) is 10.6 Å². The normalized spacial score (nSPS) is 11.6. The molecule has 0 radical (unpaired) electrons. The van der Waals surface area contributed by atoms with Gasteiger partial charge in [-0.1, -0.05) is 35.5 Å². The van der Waals surface area contributed by atoms with Crippen molar-refractivity contribution in [3.8, 4) is 11.4 Å². The van der Waals surface area contributed by atoms with Gasteiger partial charge in [-0.05, 0) is 48.5 Å². The van der Waals surface area contributed by atoms with Crippen LogP contribution >= 0.6 is 23.4 Å². The summed E-state index contributed by atoms with van der Waals surface area (Å²) in [5.74, 6) is -0.203. The molecular formula is C20H13ClF3N5OS. The maximum atomic E-state index is 13.1. The van der Waals surface area contributed by atoms with E-state index in [0.29, 0.717) is 21.5 Å². The Labute approximate surface area is 183 Å². The van der Waals surface area contributed by atoms with Gasteiger partial charge in [-0.3, -0.25) is 4.79 Å². The fraction of sp³-hybridized carbons (Fsp3) is 0.100. The molecule has 0 aliphatic carbocycles. The second kappa shape index (κ2) is 8.56. The quantitative estimate of drug-likeness (QED) is 0.412. The number of aromatic nitrogens is 4. The first kappa shape index (κ1) is 21.1. The van der Waals surface area contributed by atoms with Crippen molar-refractivity contribution in [2.24, 2.45) is 0 Å². The number of nitrogens with one attached hydrogen (secondary N) is 1. The van der Waals surface area contributed by atoms with Gasteiger partial charge >= 0.3 is 6.18 Å². The average Bonchev–Trinajstić information content (AvgIpc) is 3.16. The Bertz CT molecular complexity index is 1240. The monoisotopic (exact) mass is 463 g/mol. The minimum atomic E-state index is -4.56. The lowest BCUT2D eigenvalue weighted by Crippen LogP contribution is -2.18. The molecule has 0 aliphatic rings. The van der Waals surface area contributed by atoms with Gasteiger partial charge in [-0.2, -0.15) is 22.8 Å². The van der Waals surface area contributed by atoms with Gasteiger partial charge in [0.15, 0.2) is 11.5 Å². The number of hydrogen-bond acceptors (Lipinski definition) is 5. The van der Waals surface area contributed by atoms with Gasteiger partial charge in [-0.25, -0.2) is 0 Å². The largest absolute Gasteiger partial charge is 0.418 e. The van der Waals surface area contributed by atoms with Crippen molar-refractivity contribution >= 4 is 40.6 Å². The first-order valence-electron chi connectivity index (χ1n) is 8.88. The zero-order valence-electron chi connectivity index (χ0n) is 15.6. The third-order valence-corrected chi connectivity index (χ3v) is 5.37. The number of carbonyl (C=O) groups is 1. The van der Waals surface area contributed by atoms with E-state index in [-0.39, 0.29) is 11.4 Å². The third kappa shape index (κ3) is 4.80. The molecule has 11 heteroatoms. The number of alkyl halides is 3. The van der Waals surface area contributed by atoms with E-state index in [1.807, 2.05) is 0 Å². The number of carbonyl (C=O) groups excluding carboxylic acids is 1. The molecule has 1 amide bonds. The highest BCUT2D eigenvalue weighted by Crippen LogP contribution is 2.34. The molecule has 0 unspecified atom stereocenters. The van der Waals surface area contributed by atoms with Crippen molar-refractivity contribution in [1.29, 1.82) is 0 Å². The Balaban J connectivity index is 1.49. The summed E-state index contributed by atoms with van der Waals surface area (Å²) in [7, 11) is 0. The molecule has 2 aromatic heterocycles. The van der Waals surface area contributed by atoms with E-state index in [1.165, 1.54) is 22.7 Å². The maximum absolute atomic E-state index is 13.1. The molecule has 0 saturated heterocycles. The second-order valence-corrected chi connectivity index (χ2v) is 7.78. The molecule has 4 rings (SSSR count). The lowest BCUT2D eigenvalue weighted by Gasteiger charge is -2.13. The molecule has 6 nitrogen and oxygen atoms in total. The average molecular weight is 464 g/mol. The first-order chi connectivity index (χ1) is 14.8. The first-order valence-corrected chi connectivity index (χ1v) is 10.2. The molecular weight excluding hydrogens is 451 g/mol. The van der Waals surface area contributed by atoms with Crippen molar-refractivity contribution in [2.45, 2.75) is 11.2 Å². The van der Waals surface area contributed by atoms with Gasteiger partial charge in [0.2, 0.25) is 5.91 Å². The van der Waals surface area contributed by atoms with Crippen LogP contribution in [0.5, 0.6) is 0 Å². The predicted octanol–water partition coefficient (Wildman–Crippen LogP) is 5.19. The fourth-order valence-corrected chi connectivity index (χ4v) is 3.57. The summed E-state index contributed by atoms with van der Waals surface area (Å²) < 4.78 is 40.8. The molecule has 0 atom stereocenters. The molecule has 1 N–H and O–H groups in total. The van der Waals surface area contributed by atoms with Gasteiger partial charge in [0.25, 0.3) is 0 Å². The summed E-state index contributed by atoms with van der Waals surface area (Å²) in [6, 6.07) is 15.2. The van der Waals surface area contributed by atoms with Gasteiger partial charge in [-0.15, -0.1) is 10.2 Å². The number of amides is 1. The minimum absolute atomic E-state index is 0.122. The molecule has 2 heterocycles. The van der Waals surface area contributed by atoms with Gasteiger partial charge < -0.3 is 5.32 Å². The third-order valence-electron chi connectivity index (χ3n) is 4.20. The van der Waals surface area contributed by atoms with Crippen molar-refractivity contribution in [2.75, 3.05) is 11.1 Å². The minimum Gasteiger partial charge on any atom is -0.325 e. The van der Waals surface area contributed by atoms with E-state index >= 15 is 0 Å². The molecule has 2 aromatic carbocycles. The van der Waals surface area contributed by atoms with E-state index in [9.17, 15) is 18.0 Å². The molecule has 0 saturated carbocycles. The number of rotatable bonds is 5. The van der Waals surface area contributed by atoms with Crippen molar-refractivity contribution in [3.63, 3.8) is 0 Å². The van der Waals surface area contributed by atoms with Crippen LogP contribution in [-0.4, -0.2) is 31.5 Å². The highest BCUT2D eigenvalue weighted by Gasteiger charge is 2.33. The number of thioether (sulfide) groups is 1. The van der Waals surface area contributed by atoms with Crippen LogP contribution in [0, 0.1) is 0 Å². The summed E-state index contributed by atoms with van der Waals surface area (Å²) in [5, 5.41) is 16.0. The molecule has 158 valence electrons. The van der Waals surface area contributed by atoms with Crippen LogP contribution in [0.25, 0.3) is 17.0 Å². The Hall–Kier alpha value is -3.11. The van der Waals surface area contributed by atoms with Crippen LogP contribution in [0.4, 0.5) is 18.9 Å². The summed E-state index contributed by atoms with van der Waals surface area (Å²) in [5.41, 5.74) is 0.0868. The predicted molar refractivity (Wildman–Crippen MR) is 112 cm³/mol. The standard InChI is InChI=1S/C20H13ClF3N5OS/c21-13-7-5-12(6-8-13)19-27-26-16-9-10-18(28-29(16)19)31-11-17(30)25-15-4-2-1-3-14(15)20(22,23)24/h1-10H,11H2,(H,25,30). The van der Waals surface area contributed by atoms with Crippen LogP contribution in [0.2, 0.25) is 5.02 Å². The Morgan fingerprint density at radius 1 is 1.03 bits per heavy atom. The van der Waals surface area contributed by atoms with Crippen molar-refractivity contribution in [3.05, 3.63) is 71.2 Å². The zero-order valence-corrected chi connectivity index (χ0v) is 17.2. The van der Waals surface area contributed by atoms with Crippen molar-refractivity contribution < 1.29 is 18.0 Å². The lowest BCUT2D eigenvalue weighted by molar-refractivity contribution is -0.137. The van der Waals surface area contributed by atoms with Gasteiger partial charge in [0.1, 0.15) is 5.03 Å². The van der Waals surface area contributed by atoms with E-state index in [2.05, 4.69) is 20.6 Å². The Kier molecular flexibility index (Phi) is 5.84. The number of anilines is 1. The molecule has 0 aliphatic heterocycles. The molecule has 0 spiro atoms. The van der Waals surface area contributed by atoms with Crippen LogP contribution in [0.15, 0.2) is 65.7 Å². The number of para-hydroxylation sites is 1. The molecule has 31 heavy (non-hydrogen) atoms. The van der Waals surface area contributed by atoms with E-state index in [4.69, 9.17) is 11.6 Å². The Morgan fingerprint density at radius 3 is 2.52 bits per heavy atom. The SMILES string of the molecule is O=C(CSc1ccc2nnc(-c3ccc(Cl)cc3)n2n1)Nc1ccccc1C(F)(F)F. The molecule has 4 aromatic rings. The number of fused-ring (bicyclic) bond motifs is 1. The zero-order chi connectivity index (χ0) is 22.0. The Morgan fingerprint density at radius 2 is 1.77 bits per heavy atom. The van der Waals surface area contributed by atoms with Crippen LogP contribution < -0.4 is 5.32 Å². The fourth-order valence-electron chi connectivity index (χ4n) is 2.79. The van der Waals surface area contributed by atoms with E-state index in [0.717, 1.165) is 23.4 Å². The number of nitrogens with zero attached hydrogens (tertiary/aromatic N) is 4. The van der Waals surface area contributed by atoms with E-state index in [1.54, 1.807) is 36.4 Å². The second-order valence-electron chi connectivity index (χ2n) is 6.35. The van der Waals surface area contributed by atoms with Crippen LogP contribution in [0.1, 0.15) is 5.56 Å². The topological polar surface area (TPSA) is 72.2 Å². The van der Waals surface area contributed by atoms with Crippen LogP contribution in [-0.2, 0) is 11.0 Å². The number of halogens is 4. The number of benzene rings is 2. The van der Waals surface area contributed by atoms with Gasteiger partial charge in [0.05, 0.1) is 17.0 Å². The summed E-state index contributed by atoms with van der Waals surface area (Å²) in [6.45, 7) is 0. The summed E-state index contributed by atoms with van der Waals surface area (Å²) in [4.78, 5) is 12.2. The highest BCUT2D eigenvalue weighted by molar-refractivity contribution is 7.99. The molecule has 0 bridgehead atoms. The van der Waals surface area contributed by atoms with Crippen LogP contribution in [0.3, 0.4) is 0 Å². The van der Waals surface area contributed by atoms with Crippen molar-refractivity contribution in [1.82, 2.24) is 19.8 Å². The summed E-state index contributed by atoms with van der Waals surface area (Å²) in [6.07, 6.45) is -4.56. The smallest absolute Gasteiger partial charge is 0.325 e. The lowest BCUT2D eigenvalue weighted by atomic mass is 10.1.